The standard InChI is InChI=1S/C13H13NOS/c1-9-3-5-11(6-4-9)7-13-14-12(8-16-13)10(2)15/h3-6,8H,7H2,1-2H3. The molecule has 16 heavy (non-hydrogen) atoms. The molecule has 2 nitrogen and oxygen atoms in total. The molecule has 0 atom stereocenters. The molecule has 0 spiro atoms. The average molecular weight is 231 g/mol. The van der Waals surface area contributed by atoms with Gasteiger partial charge in [0, 0.05) is 18.7 Å². The van der Waals surface area contributed by atoms with E-state index in [4.69, 9.17) is 0 Å². The van der Waals surface area contributed by atoms with E-state index in [-0.39, 0.29) is 5.78 Å². The third-order valence-corrected chi connectivity index (χ3v) is 3.24. The summed E-state index contributed by atoms with van der Waals surface area (Å²) in [4.78, 5) is 15.4. The third-order valence-electron chi connectivity index (χ3n) is 2.39. The fourth-order valence-corrected chi connectivity index (χ4v) is 2.30. The predicted octanol–water partition coefficient (Wildman–Crippen LogP) is 3.24. The lowest BCUT2D eigenvalue weighted by molar-refractivity contribution is 0.101. The maximum Gasteiger partial charge on any atom is 0.178 e. The van der Waals surface area contributed by atoms with Crippen molar-refractivity contribution in [3.63, 3.8) is 0 Å². The maximum absolute atomic E-state index is 11.1. The Bertz CT molecular complexity index is 499. The first-order chi connectivity index (χ1) is 7.65. The maximum atomic E-state index is 11.1. The molecule has 0 bridgehead atoms. The number of thiazole rings is 1. The molecule has 2 rings (SSSR count). The van der Waals surface area contributed by atoms with E-state index < -0.39 is 0 Å². The minimum Gasteiger partial charge on any atom is -0.293 e. The van der Waals surface area contributed by atoms with Crippen LogP contribution < -0.4 is 0 Å². The predicted molar refractivity (Wildman–Crippen MR) is 66.1 cm³/mol. The molecule has 0 radical (unpaired) electrons. The molecule has 0 saturated heterocycles. The molecule has 82 valence electrons. The van der Waals surface area contributed by atoms with Gasteiger partial charge in [-0.15, -0.1) is 11.3 Å². The number of Topliss-reactive ketones (excluding diaryl/α,β-unsaturated/α-hetero) is 1. The highest BCUT2D eigenvalue weighted by atomic mass is 32.1. The third kappa shape index (κ3) is 2.55. The summed E-state index contributed by atoms with van der Waals surface area (Å²) in [7, 11) is 0. The highest BCUT2D eigenvalue weighted by Gasteiger charge is 2.06. The lowest BCUT2D eigenvalue weighted by Crippen LogP contribution is -1.93. The van der Waals surface area contributed by atoms with Gasteiger partial charge < -0.3 is 0 Å². The fraction of sp³-hybridized carbons (Fsp3) is 0.231. The number of carbonyl (C=O) groups excluding carboxylic acids is 1. The normalized spacial score (nSPS) is 10.4. The summed E-state index contributed by atoms with van der Waals surface area (Å²) in [5.74, 6) is 0.0337. The zero-order chi connectivity index (χ0) is 11.5. The molecule has 0 saturated carbocycles. The van der Waals surface area contributed by atoms with E-state index in [0.29, 0.717) is 5.69 Å². The molecule has 0 N–H and O–H groups in total. The van der Waals surface area contributed by atoms with Crippen LogP contribution in [0.2, 0.25) is 0 Å². The molecule has 3 heteroatoms. The molecule has 0 aliphatic rings. The van der Waals surface area contributed by atoms with Crippen LogP contribution >= 0.6 is 11.3 Å². The van der Waals surface area contributed by atoms with E-state index in [2.05, 4.69) is 36.2 Å². The van der Waals surface area contributed by atoms with Crippen molar-refractivity contribution in [1.29, 1.82) is 0 Å². The van der Waals surface area contributed by atoms with E-state index in [9.17, 15) is 4.79 Å². The summed E-state index contributed by atoms with van der Waals surface area (Å²) < 4.78 is 0. The highest BCUT2D eigenvalue weighted by molar-refractivity contribution is 7.09. The van der Waals surface area contributed by atoms with Gasteiger partial charge in [0.15, 0.2) is 5.78 Å². The molecular weight excluding hydrogens is 218 g/mol. The second kappa shape index (κ2) is 4.58. The van der Waals surface area contributed by atoms with Crippen LogP contribution in [0.25, 0.3) is 0 Å². The first-order valence-electron chi connectivity index (χ1n) is 5.16. The van der Waals surface area contributed by atoms with Gasteiger partial charge in [-0.05, 0) is 12.5 Å². The monoisotopic (exact) mass is 231 g/mol. The SMILES string of the molecule is CC(=O)c1csc(Cc2ccc(C)cc2)n1. The summed E-state index contributed by atoms with van der Waals surface area (Å²) in [6.07, 6.45) is 0.804. The average Bonchev–Trinajstić information content (AvgIpc) is 2.70. The number of ketones is 1. The quantitative estimate of drug-likeness (QED) is 0.759. The van der Waals surface area contributed by atoms with Crippen LogP contribution in [0.5, 0.6) is 0 Å². The lowest BCUT2D eigenvalue weighted by atomic mass is 10.1. The Balaban J connectivity index is 2.14. The number of benzene rings is 1. The summed E-state index contributed by atoms with van der Waals surface area (Å²) in [5.41, 5.74) is 3.06. The minimum absolute atomic E-state index is 0.0337. The van der Waals surface area contributed by atoms with E-state index in [0.717, 1.165) is 11.4 Å². The Morgan fingerprint density at radius 2 is 2.00 bits per heavy atom. The number of carbonyl (C=O) groups is 1. The highest BCUT2D eigenvalue weighted by Crippen LogP contribution is 2.15. The Kier molecular flexibility index (Phi) is 3.15. The van der Waals surface area contributed by atoms with Crippen molar-refractivity contribution >= 4 is 17.1 Å². The number of aryl methyl sites for hydroxylation is 1. The largest absolute Gasteiger partial charge is 0.293 e. The van der Waals surface area contributed by atoms with Gasteiger partial charge in [0.05, 0.1) is 5.01 Å². The smallest absolute Gasteiger partial charge is 0.178 e. The fourth-order valence-electron chi connectivity index (χ4n) is 1.43. The molecule has 1 aromatic heterocycles. The Morgan fingerprint density at radius 3 is 2.56 bits per heavy atom. The molecule has 1 heterocycles. The van der Waals surface area contributed by atoms with Crippen molar-refractivity contribution in [2.24, 2.45) is 0 Å². The first-order valence-corrected chi connectivity index (χ1v) is 6.04. The van der Waals surface area contributed by atoms with E-state index in [1.165, 1.54) is 11.1 Å². The second-order valence-electron chi connectivity index (χ2n) is 3.85. The van der Waals surface area contributed by atoms with Crippen LogP contribution in [0.4, 0.5) is 0 Å². The van der Waals surface area contributed by atoms with Crippen LogP contribution in [0.3, 0.4) is 0 Å². The van der Waals surface area contributed by atoms with Gasteiger partial charge in [-0.25, -0.2) is 4.98 Å². The number of rotatable bonds is 3. The zero-order valence-electron chi connectivity index (χ0n) is 9.36. The van der Waals surface area contributed by atoms with Crippen molar-refractivity contribution < 1.29 is 4.79 Å². The lowest BCUT2D eigenvalue weighted by Gasteiger charge is -1.98. The van der Waals surface area contributed by atoms with E-state index in [1.54, 1.807) is 18.3 Å². The molecule has 0 aliphatic carbocycles. The van der Waals surface area contributed by atoms with Crippen molar-refractivity contribution in [1.82, 2.24) is 4.98 Å². The molecule has 2 aromatic rings. The Hall–Kier alpha value is -1.48. The van der Waals surface area contributed by atoms with Gasteiger partial charge in [0.25, 0.3) is 0 Å². The molecule has 1 aromatic carbocycles. The van der Waals surface area contributed by atoms with Crippen LogP contribution in [-0.2, 0) is 6.42 Å². The van der Waals surface area contributed by atoms with Gasteiger partial charge in [0.1, 0.15) is 5.69 Å². The van der Waals surface area contributed by atoms with Crippen molar-refractivity contribution in [3.05, 3.63) is 51.5 Å². The second-order valence-corrected chi connectivity index (χ2v) is 4.79. The minimum atomic E-state index is 0.0337. The summed E-state index contributed by atoms with van der Waals surface area (Å²) in [6, 6.07) is 8.39. The van der Waals surface area contributed by atoms with Gasteiger partial charge in [-0.3, -0.25) is 4.79 Å². The summed E-state index contributed by atoms with van der Waals surface area (Å²) in [5, 5.41) is 2.82. The van der Waals surface area contributed by atoms with E-state index >= 15 is 0 Å². The molecule has 0 fully saturated rings. The van der Waals surface area contributed by atoms with Gasteiger partial charge in [0.2, 0.25) is 0 Å². The van der Waals surface area contributed by atoms with Crippen LogP contribution in [-0.4, -0.2) is 10.8 Å². The van der Waals surface area contributed by atoms with Crippen molar-refractivity contribution in [2.45, 2.75) is 20.3 Å². The molecule has 0 unspecified atom stereocenters. The number of hydrogen-bond donors (Lipinski definition) is 0. The van der Waals surface area contributed by atoms with Crippen LogP contribution in [0, 0.1) is 6.92 Å². The summed E-state index contributed by atoms with van der Waals surface area (Å²) in [6.45, 7) is 3.62. The van der Waals surface area contributed by atoms with Crippen molar-refractivity contribution in [2.75, 3.05) is 0 Å². The zero-order valence-corrected chi connectivity index (χ0v) is 10.2. The summed E-state index contributed by atoms with van der Waals surface area (Å²) >= 11 is 1.54. The first kappa shape index (κ1) is 11.0. The van der Waals surface area contributed by atoms with Crippen LogP contribution in [0.15, 0.2) is 29.6 Å². The molecule has 0 amide bonds. The number of nitrogens with zero attached hydrogens (tertiary/aromatic N) is 1. The van der Waals surface area contributed by atoms with Gasteiger partial charge in [-0.2, -0.15) is 0 Å². The Labute approximate surface area is 99.0 Å². The number of aromatic nitrogens is 1. The van der Waals surface area contributed by atoms with Crippen molar-refractivity contribution in [3.8, 4) is 0 Å². The molecular formula is C13H13NOS. The van der Waals surface area contributed by atoms with Gasteiger partial charge >= 0.3 is 0 Å². The van der Waals surface area contributed by atoms with Crippen LogP contribution in [0.1, 0.15) is 33.5 Å². The topological polar surface area (TPSA) is 30.0 Å². The Morgan fingerprint density at radius 1 is 1.31 bits per heavy atom. The number of hydrogen-bond acceptors (Lipinski definition) is 3. The van der Waals surface area contributed by atoms with E-state index in [1.807, 2.05) is 5.38 Å². The molecule has 0 aliphatic heterocycles. The van der Waals surface area contributed by atoms with Gasteiger partial charge in [-0.1, -0.05) is 29.8 Å².